The van der Waals surface area contributed by atoms with E-state index in [1.807, 2.05) is 36.7 Å². The Morgan fingerprint density at radius 1 is 1.21 bits per heavy atom. The summed E-state index contributed by atoms with van der Waals surface area (Å²) in [5, 5.41) is 5.33. The molecule has 2 aromatic carbocycles. The van der Waals surface area contributed by atoms with Crippen LogP contribution in [0.5, 0.6) is 5.75 Å². The van der Waals surface area contributed by atoms with Crippen LogP contribution in [-0.4, -0.2) is 20.9 Å². The molecule has 0 bridgehead atoms. The average molecular weight is 411 g/mol. The molecule has 140 valence electrons. The predicted molar refractivity (Wildman–Crippen MR) is 109 cm³/mol. The second-order valence-corrected chi connectivity index (χ2v) is 8.13. The van der Waals surface area contributed by atoms with Crippen LogP contribution in [0.3, 0.4) is 0 Å². The highest BCUT2D eigenvalue weighted by molar-refractivity contribution is 8.00. The molecule has 3 heterocycles. The van der Waals surface area contributed by atoms with Crippen molar-refractivity contribution in [3.8, 4) is 17.2 Å². The maximum atomic E-state index is 13.1. The van der Waals surface area contributed by atoms with Gasteiger partial charge in [0.1, 0.15) is 29.5 Å². The van der Waals surface area contributed by atoms with Gasteiger partial charge in [-0.1, -0.05) is 41.3 Å². The third kappa shape index (κ3) is 3.14. The van der Waals surface area contributed by atoms with Crippen molar-refractivity contribution in [3.63, 3.8) is 0 Å². The van der Waals surface area contributed by atoms with Gasteiger partial charge in [0.05, 0.1) is 11.6 Å². The van der Waals surface area contributed by atoms with Gasteiger partial charge in [0, 0.05) is 0 Å². The molecule has 5 rings (SSSR count). The number of benzene rings is 2. The second-order valence-electron chi connectivity index (χ2n) is 6.12. The van der Waals surface area contributed by atoms with Crippen molar-refractivity contribution in [1.82, 2.24) is 14.6 Å². The molecule has 8 heteroatoms. The largest absolute Gasteiger partial charge is 0.488 e. The number of ether oxygens (including phenoxy) is 1. The Morgan fingerprint density at radius 3 is 2.86 bits per heavy atom. The van der Waals surface area contributed by atoms with Crippen LogP contribution in [0, 0.1) is 5.82 Å². The fraction of sp³-hybridized carbons (Fsp3) is 0.100. The molecule has 0 atom stereocenters. The van der Waals surface area contributed by atoms with Crippen molar-refractivity contribution in [3.05, 3.63) is 66.1 Å². The molecule has 0 aliphatic heterocycles. The molecular formula is C20H14FN3O2S2. The van der Waals surface area contributed by atoms with E-state index >= 15 is 0 Å². The van der Waals surface area contributed by atoms with Gasteiger partial charge in [0.15, 0.2) is 10.1 Å². The minimum Gasteiger partial charge on any atom is -0.488 e. The molecule has 0 saturated heterocycles. The van der Waals surface area contributed by atoms with Gasteiger partial charge in [-0.15, -0.1) is 5.10 Å². The van der Waals surface area contributed by atoms with E-state index in [9.17, 15) is 4.39 Å². The molecule has 28 heavy (non-hydrogen) atoms. The van der Waals surface area contributed by atoms with Gasteiger partial charge in [-0.25, -0.2) is 13.9 Å². The molecule has 0 fully saturated rings. The Labute approximate surface area is 167 Å². The van der Waals surface area contributed by atoms with Crippen LogP contribution in [-0.2, 0) is 6.61 Å². The first-order valence-electron chi connectivity index (χ1n) is 8.50. The van der Waals surface area contributed by atoms with E-state index in [0.717, 1.165) is 31.5 Å². The Balaban J connectivity index is 1.45. The van der Waals surface area contributed by atoms with Crippen molar-refractivity contribution >= 4 is 39.0 Å². The number of furan rings is 1. The van der Waals surface area contributed by atoms with Gasteiger partial charge in [-0.2, -0.15) is 0 Å². The summed E-state index contributed by atoms with van der Waals surface area (Å²) in [7, 11) is 0. The number of imidazole rings is 1. The number of thioether (sulfide) groups is 1. The number of fused-ring (bicyclic) bond motifs is 2. The van der Waals surface area contributed by atoms with E-state index in [2.05, 4.69) is 10.1 Å². The van der Waals surface area contributed by atoms with Crippen LogP contribution in [0.4, 0.5) is 4.39 Å². The van der Waals surface area contributed by atoms with Crippen molar-refractivity contribution in [2.75, 3.05) is 6.26 Å². The third-order valence-corrected chi connectivity index (χ3v) is 6.18. The van der Waals surface area contributed by atoms with Crippen LogP contribution < -0.4 is 4.74 Å². The topological polar surface area (TPSA) is 52.6 Å². The Kier molecular flexibility index (Phi) is 4.29. The Hall–Kier alpha value is -2.84. The number of nitrogens with zero attached hydrogens (tertiary/aromatic N) is 3. The molecule has 0 amide bonds. The summed E-state index contributed by atoms with van der Waals surface area (Å²) in [6.07, 6.45) is 3.86. The van der Waals surface area contributed by atoms with Gasteiger partial charge in [-0.05, 0) is 42.2 Å². The minimum absolute atomic E-state index is 0.260. The standard InChI is InChI=1S/C20H14FN3O2S2/c1-27-20-23-24-10-15(22-19(24)28-20)18-9-14-16(3-2-4-17(14)26-18)25-11-12-5-7-13(21)8-6-12/h2-10H,11H2,1H3. The minimum atomic E-state index is -0.260. The van der Waals surface area contributed by atoms with Gasteiger partial charge in [0.25, 0.3) is 0 Å². The summed E-state index contributed by atoms with van der Waals surface area (Å²) in [6, 6.07) is 13.9. The maximum absolute atomic E-state index is 13.1. The molecule has 0 radical (unpaired) electrons. The zero-order chi connectivity index (χ0) is 19.1. The molecule has 0 unspecified atom stereocenters. The monoisotopic (exact) mass is 411 g/mol. The van der Waals surface area contributed by atoms with Crippen LogP contribution in [0.1, 0.15) is 5.56 Å². The van der Waals surface area contributed by atoms with E-state index < -0.39 is 0 Å². The zero-order valence-electron chi connectivity index (χ0n) is 14.8. The SMILES string of the molecule is CSc1nn2cc(-c3cc4c(OCc5ccc(F)cc5)cccc4o3)nc2s1. The molecule has 0 N–H and O–H groups in total. The van der Waals surface area contributed by atoms with E-state index in [1.165, 1.54) is 12.1 Å². The molecule has 5 aromatic rings. The number of halogens is 1. The summed E-state index contributed by atoms with van der Waals surface area (Å²) in [5.74, 6) is 1.11. The van der Waals surface area contributed by atoms with Crippen molar-refractivity contribution in [2.45, 2.75) is 10.9 Å². The van der Waals surface area contributed by atoms with Crippen LogP contribution in [0.25, 0.3) is 27.4 Å². The summed E-state index contributed by atoms with van der Waals surface area (Å²) >= 11 is 3.14. The highest BCUT2D eigenvalue weighted by atomic mass is 32.2. The molecule has 0 aliphatic rings. The van der Waals surface area contributed by atoms with E-state index in [1.54, 1.807) is 39.7 Å². The fourth-order valence-corrected chi connectivity index (χ4v) is 4.25. The van der Waals surface area contributed by atoms with Crippen molar-refractivity contribution in [2.24, 2.45) is 0 Å². The lowest BCUT2D eigenvalue weighted by molar-refractivity contribution is 0.310. The molecule has 5 nitrogen and oxygen atoms in total. The highest BCUT2D eigenvalue weighted by Gasteiger charge is 2.15. The first kappa shape index (κ1) is 17.3. The molecular weight excluding hydrogens is 397 g/mol. The van der Waals surface area contributed by atoms with Crippen LogP contribution >= 0.6 is 23.1 Å². The number of hydrogen-bond donors (Lipinski definition) is 0. The normalized spacial score (nSPS) is 11.5. The molecule has 0 saturated carbocycles. The van der Waals surface area contributed by atoms with Gasteiger partial charge in [0.2, 0.25) is 4.96 Å². The molecule has 0 spiro atoms. The fourth-order valence-electron chi connectivity index (χ4n) is 2.91. The first-order valence-corrected chi connectivity index (χ1v) is 10.5. The lowest BCUT2D eigenvalue weighted by Crippen LogP contribution is -1.95. The third-order valence-electron chi connectivity index (χ3n) is 4.28. The van der Waals surface area contributed by atoms with E-state index in [4.69, 9.17) is 9.15 Å². The van der Waals surface area contributed by atoms with E-state index in [0.29, 0.717) is 18.1 Å². The van der Waals surface area contributed by atoms with Crippen LogP contribution in [0.2, 0.25) is 0 Å². The number of hydrogen-bond acceptors (Lipinski definition) is 6. The summed E-state index contributed by atoms with van der Waals surface area (Å²) in [4.78, 5) is 5.44. The average Bonchev–Trinajstić information content (AvgIpc) is 3.39. The molecule has 0 aliphatic carbocycles. The van der Waals surface area contributed by atoms with Gasteiger partial charge < -0.3 is 9.15 Å². The quantitative estimate of drug-likeness (QED) is 0.350. The Bertz CT molecular complexity index is 1240. The van der Waals surface area contributed by atoms with Gasteiger partial charge >= 0.3 is 0 Å². The lowest BCUT2D eigenvalue weighted by atomic mass is 10.2. The lowest BCUT2D eigenvalue weighted by Gasteiger charge is -2.07. The number of aromatic nitrogens is 3. The Morgan fingerprint density at radius 2 is 2.07 bits per heavy atom. The van der Waals surface area contributed by atoms with Crippen molar-refractivity contribution in [1.29, 1.82) is 0 Å². The van der Waals surface area contributed by atoms with E-state index in [-0.39, 0.29) is 5.82 Å². The number of rotatable bonds is 5. The van der Waals surface area contributed by atoms with Crippen LogP contribution in [0.15, 0.2) is 63.5 Å². The van der Waals surface area contributed by atoms with Crippen molar-refractivity contribution < 1.29 is 13.5 Å². The summed E-state index contributed by atoms with van der Waals surface area (Å²) in [5.41, 5.74) is 2.35. The first-order chi connectivity index (χ1) is 13.7. The molecule has 3 aromatic heterocycles. The maximum Gasteiger partial charge on any atom is 0.213 e. The summed E-state index contributed by atoms with van der Waals surface area (Å²) < 4.78 is 27.7. The predicted octanol–water partition coefficient (Wildman–Crippen LogP) is 5.64. The zero-order valence-corrected chi connectivity index (χ0v) is 16.4. The highest BCUT2D eigenvalue weighted by Crippen LogP contribution is 2.34. The second kappa shape index (κ2) is 6.96. The summed E-state index contributed by atoms with van der Waals surface area (Å²) in [6.45, 7) is 0.349. The smallest absolute Gasteiger partial charge is 0.213 e. The van der Waals surface area contributed by atoms with Gasteiger partial charge in [-0.3, -0.25) is 0 Å².